The molecule has 1 atom stereocenters. The van der Waals surface area contributed by atoms with Crippen LogP contribution in [0.5, 0.6) is 0 Å². The van der Waals surface area contributed by atoms with Crippen molar-refractivity contribution in [3.8, 4) is 0 Å². The number of anilines is 1. The van der Waals surface area contributed by atoms with Gasteiger partial charge in [-0.2, -0.15) is 0 Å². The van der Waals surface area contributed by atoms with E-state index < -0.39 is 15.9 Å². The van der Waals surface area contributed by atoms with Crippen LogP contribution >= 0.6 is 0 Å². The largest absolute Gasteiger partial charge is 0.330 e. The predicted molar refractivity (Wildman–Crippen MR) is 84.4 cm³/mol. The summed E-state index contributed by atoms with van der Waals surface area (Å²) in [5.41, 5.74) is 1.15. The number of nitrogens with one attached hydrogen (secondary N) is 2. The van der Waals surface area contributed by atoms with E-state index in [9.17, 15) is 13.2 Å². The first kappa shape index (κ1) is 16.0. The van der Waals surface area contributed by atoms with Crippen LogP contribution < -0.4 is 10.6 Å². The van der Waals surface area contributed by atoms with Crippen LogP contribution in [0.25, 0.3) is 0 Å². The Bertz CT molecular complexity index is 761. The number of hydrogen-bond donors (Lipinski definition) is 2. The zero-order chi connectivity index (χ0) is 16.2. The van der Waals surface area contributed by atoms with E-state index in [0.29, 0.717) is 5.69 Å². The molecule has 22 heavy (non-hydrogen) atoms. The quantitative estimate of drug-likeness (QED) is 0.905. The van der Waals surface area contributed by atoms with Crippen LogP contribution in [0, 0.1) is 0 Å². The zero-order valence-corrected chi connectivity index (χ0v) is 13.1. The van der Waals surface area contributed by atoms with Crippen molar-refractivity contribution in [3.05, 3.63) is 54.4 Å². The number of rotatable bonds is 4. The molecule has 2 rings (SSSR count). The summed E-state index contributed by atoms with van der Waals surface area (Å²) in [6.07, 6.45) is 2.77. The summed E-state index contributed by atoms with van der Waals surface area (Å²) >= 11 is 0. The molecule has 0 aliphatic rings. The van der Waals surface area contributed by atoms with Crippen molar-refractivity contribution in [1.82, 2.24) is 10.3 Å². The SMILES string of the molecule is C[C@H](NC(=O)Nc1cccc(S(C)(=O)=O)c1)c1ccccn1. The number of pyridine rings is 1. The minimum absolute atomic E-state index is 0.156. The third-order valence-corrected chi connectivity index (χ3v) is 4.11. The highest BCUT2D eigenvalue weighted by Crippen LogP contribution is 2.15. The molecule has 1 heterocycles. The molecule has 0 aliphatic heterocycles. The fraction of sp³-hybridized carbons (Fsp3) is 0.200. The summed E-state index contributed by atoms with van der Waals surface area (Å²) in [4.78, 5) is 16.3. The van der Waals surface area contributed by atoms with Gasteiger partial charge in [-0.25, -0.2) is 13.2 Å². The summed E-state index contributed by atoms with van der Waals surface area (Å²) in [6.45, 7) is 1.81. The molecule has 0 fully saturated rings. The number of sulfone groups is 1. The lowest BCUT2D eigenvalue weighted by molar-refractivity contribution is 0.249. The minimum atomic E-state index is -3.31. The number of benzene rings is 1. The summed E-state index contributed by atoms with van der Waals surface area (Å²) in [5, 5.41) is 5.35. The summed E-state index contributed by atoms with van der Waals surface area (Å²) in [6, 6.07) is 10.9. The van der Waals surface area contributed by atoms with E-state index in [4.69, 9.17) is 0 Å². The first-order chi connectivity index (χ1) is 10.4. The van der Waals surface area contributed by atoms with Crippen LogP contribution in [0.2, 0.25) is 0 Å². The van der Waals surface area contributed by atoms with E-state index in [1.807, 2.05) is 19.1 Å². The molecule has 6 nitrogen and oxygen atoms in total. The van der Waals surface area contributed by atoms with Gasteiger partial charge in [0.25, 0.3) is 0 Å². The Labute approximate surface area is 129 Å². The monoisotopic (exact) mass is 319 g/mol. The number of hydrogen-bond acceptors (Lipinski definition) is 4. The molecule has 116 valence electrons. The van der Waals surface area contributed by atoms with Gasteiger partial charge in [0.1, 0.15) is 0 Å². The van der Waals surface area contributed by atoms with E-state index in [-0.39, 0.29) is 10.9 Å². The van der Waals surface area contributed by atoms with Crippen molar-refractivity contribution in [2.45, 2.75) is 17.9 Å². The smallest absolute Gasteiger partial charge is 0.319 e. The van der Waals surface area contributed by atoms with Crippen LogP contribution in [0.1, 0.15) is 18.7 Å². The molecule has 0 spiro atoms. The van der Waals surface area contributed by atoms with E-state index in [2.05, 4.69) is 15.6 Å². The van der Waals surface area contributed by atoms with Gasteiger partial charge in [0.15, 0.2) is 9.84 Å². The molecular weight excluding hydrogens is 302 g/mol. The molecule has 0 radical (unpaired) electrons. The van der Waals surface area contributed by atoms with Crippen LogP contribution in [0.15, 0.2) is 53.6 Å². The average Bonchev–Trinajstić information content (AvgIpc) is 2.47. The average molecular weight is 319 g/mol. The van der Waals surface area contributed by atoms with E-state index in [1.165, 1.54) is 12.1 Å². The minimum Gasteiger partial charge on any atom is -0.330 e. The van der Waals surface area contributed by atoms with Gasteiger partial charge in [-0.05, 0) is 37.3 Å². The van der Waals surface area contributed by atoms with Gasteiger partial charge in [-0.1, -0.05) is 12.1 Å². The number of urea groups is 1. The van der Waals surface area contributed by atoms with E-state index in [1.54, 1.807) is 24.4 Å². The van der Waals surface area contributed by atoms with Crippen LogP contribution in [-0.4, -0.2) is 25.7 Å². The summed E-state index contributed by atoms with van der Waals surface area (Å²) < 4.78 is 23.0. The Balaban J connectivity index is 2.04. The Morgan fingerprint density at radius 1 is 1.18 bits per heavy atom. The van der Waals surface area contributed by atoms with Crippen LogP contribution in [0.4, 0.5) is 10.5 Å². The normalized spacial score (nSPS) is 12.5. The van der Waals surface area contributed by atoms with Gasteiger partial charge in [0, 0.05) is 18.1 Å². The van der Waals surface area contributed by atoms with Crippen molar-refractivity contribution in [3.63, 3.8) is 0 Å². The Morgan fingerprint density at radius 3 is 2.59 bits per heavy atom. The highest BCUT2D eigenvalue weighted by atomic mass is 32.2. The third kappa shape index (κ3) is 4.29. The molecule has 2 amide bonds. The van der Waals surface area contributed by atoms with Crippen molar-refractivity contribution in [2.24, 2.45) is 0 Å². The maximum atomic E-state index is 12.0. The number of aromatic nitrogens is 1. The van der Waals surface area contributed by atoms with Crippen molar-refractivity contribution in [2.75, 3.05) is 11.6 Å². The molecule has 1 aromatic carbocycles. The second kappa shape index (κ2) is 6.57. The summed E-state index contributed by atoms with van der Waals surface area (Å²) in [5.74, 6) is 0. The third-order valence-electron chi connectivity index (χ3n) is 3.00. The highest BCUT2D eigenvalue weighted by molar-refractivity contribution is 7.90. The standard InChI is InChI=1S/C15H17N3O3S/c1-11(14-8-3-4-9-16-14)17-15(19)18-12-6-5-7-13(10-12)22(2,20)21/h3-11H,1-2H3,(H2,17,18,19)/t11-/m0/s1. The van der Waals surface area contributed by atoms with Gasteiger partial charge in [-0.3, -0.25) is 4.98 Å². The van der Waals surface area contributed by atoms with Gasteiger partial charge in [0.2, 0.25) is 0 Å². The first-order valence-electron chi connectivity index (χ1n) is 6.65. The fourth-order valence-electron chi connectivity index (χ4n) is 1.87. The molecule has 2 aromatic rings. The lowest BCUT2D eigenvalue weighted by Gasteiger charge is -2.14. The molecule has 0 bridgehead atoms. The molecule has 0 saturated carbocycles. The Morgan fingerprint density at radius 2 is 1.95 bits per heavy atom. The first-order valence-corrected chi connectivity index (χ1v) is 8.54. The topological polar surface area (TPSA) is 88.2 Å². The molecule has 2 N–H and O–H groups in total. The van der Waals surface area contributed by atoms with Gasteiger partial charge in [0.05, 0.1) is 16.6 Å². The molecule has 0 saturated heterocycles. The molecule has 1 aromatic heterocycles. The second-order valence-electron chi connectivity index (χ2n) is 4.87. The number of nitrogens with zero attached hydrogens (tertiary/aromatic N) is 1. The fourth-order valence-corrected chi connectivity index (χ4v) is 2.54. The van der Waals surface area contributed by atoms with Crippen molar-refractivity contribution >= 4 is 21.6 Å². The predicted octanol–water partition coefficient (Wildman–Crippen LogP) is 2.37. The van der Waals surface area contributed by atoms with Crippen molar-refractivity contribution < 1.29 is 13.2 Å². The van der Waals surface area contributed by atoms with Gasteiger partial charge in [-0.15, -0.1) is 0 Å². The molecule has 7 heteroatoms. The maximum absolute atomic E-state index is 12.0. The Kier molecular flexibility index (Phi) is 4.77. The number of carbonyl (C=O) groups excluding carboxylic acids is 1. The lowest BCUT2D eigenvalue weighted by atomic mass is 10.2. The van der Waals surface area contributed by atoms with Crippen molar-refractivity contribution in [1.29, 1.82) is 0 Å². The van der Waals surface area contributed by atoms with E-state index in [0.717, 1.165) is 11.9 Å². The van der Waals surface area contributed by atoms with Gasteiger partial charge < -0.3 is 10.6 Å². The number of amides is 2. The van der Waals surface area contributed by atoms with Gasteiger partial charge >= 0.3 is 6.03 Å². The highest BCUT2D eigenvalue weighted by Gasteiger charge is 2.12. The zero-order valence-electron chi connectivity index (χ0n) is 12.3. The van der Waals surface area contributed by atoms with Crippen LogP contribution in [-0.2, 0) is 9.84 Å². The van der Waals surface area contributed by atoms with Crippen LogP contribution in [0.3, 0.4) is 0 Å². The summed E-state index contributed by atoms with van der Waals surface area (Å²) in [7, 11) is -3.31. The molecular formula is C15H17N3O3S. The molecule has 0 unspecified atom stereocenters. The second-order valence-corrected chi connectivity index (χ2v) is 6.89. The molecule has 0 aliphatic carbocycles. The Hall–Kier alpha value is -2.41. The van der Waals surface area contributed by atoms with E-state index >= 15 is 0 Å². The maximum Gasteiger partial charge on any atom is 0.319 e. The number of carbonyl (C=O) groups is 1. The lowest BCUT2D eigenvalue weighted by Crippen LogP contribution is -2.31.